The molecule has 0 spiro atoms. The highest BCUT2D eigenvalue weighted by Gasteiger charge is 2.34. The van der Waals surface area contributed by atoms with Gasteiger partial charge in [-0.15, -0.1) is 0 Å². The average Bonchev–Trinajstić information content (AvgIpc) is 2.20. The zero-order chi connectivity index (χ0) is 11.1. The minimum absolute atomic E-state index is 0.666. The van der Waals surface area contributed by atoms with Crippen molar-refractivity contribution in [3.63, 3.8) is 0 Å². The summed E-state index contributed by atoms with van der Waals surface area (Å²) in [7, 11) is 0. The third-order valence-corrected chi connectivity index (χ3v) is 4.12. The first kappa shape index (κ1) is 13.0. The fourth-order valence-electron chi connectivity index (χ4n) is 2.38. The van der Waals surface area contributed by atoms with Crippen LogP contribution < -0.4 is 11.1 Å². The smallest absolute Gasteiger partial charge is 0.000770 e. The molecule has 3 N–H and O–H groups in total. The molecular weight excluding hydrogens is 184 g/mol. The van der Waals surface area contributed by atoms with Crippen LogP contribution in [0.4, 0.5) is 0 Å². The van der Waals surface area contributed by atoms with E-state index in [2.05, 4.69) is 19.2 Å². The van der Waals surface area contributed by atoms with E-state index in [0.717, 1.165) is 6.54 Å². The zero-order valence-corrected chi connectivity index (χ0v) is 10.5. The minimum atomic E-state index is 0.666. The molecule has 15 heavy (non-hydrogen) atoms. The highest BCUT2D eigenvalue weighted by Crippen LogP contribution is 2.42. The molecule has 2 nitrogen and oxygen atoms in total. The lowest BCUT2D eigenvalue weighted by Gasteiger charge is -2.41. The van der Waals surface area contributed by atoms with Gasteiger partial charge in [-0.2, -0.15) is 0 Å². The first-order valence-electron chi connectivity index (χ1n) is 6.63. The molecule has 0 aromatic rings. The summed E-state index contributed by atoms with van der Waals surface area (Å²) in [5.41, 5.74) is 6.25. The van der Waals surface area contributed by atoms with Crippen molar-refractivity contribution in [3.05, 3.63) is 0 Å². The van der Waals surface area contributed by atoms with Crippen LogP contribution in [0.25, 0.3) is 0 Å². The summed E-state index contributed by atoms with van der Waals surface area (Å²) in [4.78, 5) is 0. The minimum Gasteiger partial charge on any atom is -0.330 e. The molecule has 1 saturated carbocycles. The van der Waals surface area contributed by atoms with Crippen molar-refractivity contribution >= 4 is 0 Å². The second-order valence-corrected chi connectivity index (χ2v) is 5.37. The van der Waals surface area contributed by atoms with Crippen LogP contribution in [0.3, 0.4) is 0 Å². The summed E-state index contributed by atoms with van der Waals surface area (Å²) in [6, 6.07) is 0. The van der Waals surface area contributed by atoms with E-state index in [0.29, 0.717) is 11.3 Å². The molecule has 1 unspecified atom stereocenters. The number of hydrogen-bond acceptors (Lipinski definition) is 2. The first-order chi connectivity index (χ1) is 7.22. The lowest BCUT2D eigenvalue weighted by Crippen LogP contribution is -2.39. The summed E-state index contributed by atoms with van der Waals surface area (Å²) < 4.78 is 0. The summed E-state index contributed by atoms with van der Waals surface area (Å²) in [6.07, 6.45) is 8.21. The van der Waals surface area contributed by atoms with Crippen LogP contribution in [-0.4, -0.2) is 19.6 Å². The van der Waals surface area contributed by atoms with Gasteiger partial charge < -0.3 is 11.1 Å². The molecule has 0 aromatic heterocycles. The fraction of sp³-hybridized carbons (Fsp3) is 1.00. The maximum Gasteiger partial charge on any atom is 0.000770 e. The Morgan fingerprint density at radius 1 is 1.40 bits per heavy atom. The van der Waals surface area contributed by atoms with E-state index in [-0.39, 0.29) is 0 Å². The van der Waals surface area contributed by atoms with Crippen LogP contribution in [0.15, 0.2) is 0 Å². The molecule has 1 rings (SSSR count). The van der Waals surface area contributed by atoms with Gasteiger partial charge in [0, 0.05) is 6.54 Å². The molecule has 1 aliphatic rings. The van der Waals surface area contributed by atoms with Gasteiger partial charge in [0.15, 0.2) is 0 Å². The van der Waals surface area contributed by atoms with Crippen molar-refractivity contribution in [1.29, 1.82) is 0 Å². The highest BCUT2D eigenvalue weighted by atomic mass is 14.9. The van der Waals surface area contributed by atoms with Gasteiger partial charge in [-0.3, -0.25) is 0 Å². The highest BCUT2D eigenvalue weighted by molar-refractivity contribution is 4.88. The van der Waals surface area contributed by atoms with Gasteiger partial charge in [0.05, 0.1) is 0 Å². The van der Waals surface area contributed by atoms with Gasteiger partial charge in [0.2, 0.25) is 0 Å². The van der Waals surface area contributed by atoms with E-state index >= 15 is 0 Å². The quantitative estimate of drug-likeness (QED) is 0.607. The molecule has 1 fully saturated rings. The maximum atomic E-state index is 5.59. The molecule has 0 amide bonds. The van der Waals surface area contributed by atoms with Gasteiger partial charge in [0.25, 0.3) is 0 Å². The van der Waals surface area contributed by atoms with E-state index in [9.17, 15) is 0 Å². The van der Waals surface area contributed by atoms with E-state index in [1.54, 1.807) is 0 Å². The summed E-state index contributed by atoms with van der Waals surface area (Å²) in [5.74, 6) is 0.690. The second kappa shape index (κ2) is 6.49. The second-order valence-electron chi connectivity index (χ2n) is 5.37. The normalized spacial score (nSPS) is 21.0. The van der Waals surface area contributed by atoms with E-state index in [1.807, 2.05) is 0 Å². The van der Waals surface area contributed by atoms with Gasteiger partial charge >= 0.3 is 0 Å². The zero-order valence-electron chi connectivity index (χ0n) is 10.5. The molecule has 0 aromatic carbocycles. The molecule has 90 valence electrons. The predicted octanol–water partition coefficient (Wildman–Crippen LogP) is 2.53. The van der Waals surface area contributed by atoms with E-state index in [4.69, 9.17) is 5.73 Å². The van der Waals surface area contributed by atoms with Crippen LogP contribution in [-0.2, 0) is 0 Å². The summed E-state index contributed by atoms with van der Waals surface area (Å²) in [5, 5.41) is 3.62. The Hall–Kier alpha value is -0.0800. The Bertz CT molecular complexity index is 158. The van der Waals surface area contributed by atoms with Crippen molar-refractivity contribution in [2.75, 3.05) is 19.6 Å². The van der Waals surface area contributed by atoms with Gasteiger partial charge in [0.1, 0.15) is 0 Å². The van der Waals surface area contributed by atoms with Crippen LogP contribution in [0.5, 0.6) is 0 Å². The van der Waals surface area contributed by atoms with Crippen molar-refractivity contribution in [1.82, 2.24) is 5.32 Å². The lowest BCUT2D eigenvalue weighted by molar-refractivity contribution is 0.124. The Labute approximate surface area is 95.0 Å². The fourth-order valence-corrected chi connectivity index (χ4v) is 2.38. The van der Waals surface area contributed by atoms with E-state index < -0.39 is 0 Å². The largest absolute Gasteiger partial charge is 0.330 e. The standard InChI is InChI=1S/C13H28N2/c1-3-13(7-5-8-13)11-15-9-4-6-12(2)10-14/h12,15H,3-11,14H2,1-2H3. The number of nitrogens with one attached hydrogen (secondary N) is 1. The first-order valence-corrected chi connectivity index (χ1v) is 6.63. The van der Waals surface area contributed by atoms with Crippen molar-refractivity contribution < 1.29 is 0 Å². The molecule has 0 bridgehead atoms. The molecule has 0 saturated heterocycles. The molecule has 2 heteroatoms. The topological polar surface area (TPSA) is 38.0 Å². The number of hydrogen-bond donors (Lipinski definition) is 2. The molecule has 0 aliphatic heterocycles. The lowest BCUT2D eigenvalue weighted by atomic mass is 9.67. The Morgan fingerprint density at radius 3 is 2.60 bits per heavy atom. The average molecular weight is 212 g/mol. The third kappa shape index (κ3) is 4.12. The Morgan fingerprint density at radius 2 is 2.13 bits per heavy atom. The van der Waals surface area contributed by atoms with Crippen molar-refractivity contribution in [2.24, 2.45) is 17.1 Å². The predicted molar refractivity (Wildman–Crippen MR) is 66.9 cm³/mol. The van der Waals surface area contributed by atoms with Gasteiger partial charge in [-0.25, -0.2) is 0 Å². The monoisotopic (exact) mass is 212 g/mol. The van der Waals surface area contributed by atoms with Crippen LogP contribution in [0, 0.1) is 11.3 Å². The molecule has 1 aliphatic carbocycles. The van der Waals surface area contributed by atoms with Crippen LogP contribution in [0.2, 0.25) is 0 Å². The molecular formula is C13H28N2. The van der Waals surface area contributed by atoms with Crippen molar-refractivity contribution in [2.45, 2.75) is 52.4 Å². The van der Waals surface area contributed by atoms with Gasteiger partial charge in [-0.05, 0) is 56.5 Å². The molecule has 1 atom stereocenters. The maximum absolute atomic E-state index is 5.59. The Balaban J connectivity index is 1.96. The Kier molecular flexibility index (Phi) is 5.62. The SMILES string of the molecule is CCC1(CNCCCC(C)CN)CCC1. The third-order valence-electron chi connectivity index (χ3n) is 4.12. The van der Waals surface area contributed by atoms with Crippen molar-refractivity contribution in [3.8, 4) is 0 Å². The van der Waals surface area contributed by atoms with E-state index in [1.165, 1.54) is 51.6 Å². The number of nitrogens with two attached hydrogens (primary N) is 1. The summed E-state index contributed by atoms with van der Waals surface area (Å²) >= 11 is 0. The number of rotatable bonds is 8. The van der Waals surface area contributed by atoms with Crippen LogP contribution in [0.1, 0.15) is 52.4 Å². The van der Waals surface area contributed by atoms with Gasteiger partial charge in [-0.1, -0.05) is 20.3 Å². The van der Waals surface area contributed by atoms with Crippen LogP contribution >= 0.6 is 0 Å². The summed E-state index contributed by atoms with van der Waals surface area (Å²) in [6.45, 7) is 7.81. The molecule has 0 heterocycles. The molecule has 0 radical (unpaired) electrons.